The van der Waals surface area contributed by atoms with Crippen LogP contribution in [-0.4, -0.2) is 23.9 Å². The zero-order valence-corrected chi connectivity index (χ0v) is 18.8. The van der Waals surface area contributed by atoms with Gasteiger partial charge in [-0.15, -0.1) is 0 Å². The molecule has 3 rings (SSSR count). The summed E-state index contributed by atoms with van der Waals surface area (Å²) in [6, 6.07) is 7.46. The lowest BCUT2D eigenvalue weighted by atomic mass is 10.1. The van der Waals surface area contributed by atoms with E-state index in [1.165, 1.54) is 48.3 Å². The van der Waals surface area contributed by atoms with E-state index in [1.807, 2.05) is 4.72 Å². The molecule has 12 heteroatoms. The highest BCUT2D eigenvalue weighted by Crippen LogP contribution is 2.34. The van der Waals surface area contributed by atoms with Crippen molar-refractivity contribution in [2.24, 2.45) is 0 Å². The highest BCUT2D eigenvalue weighted by molar-refractivity contribution is 7.90. The highest BCUT2D eigenvalue weighted by atomic mass is 35.5. The first kappa shape index (κ1) is 23.5. The van der Waals surface area contributed by atoms with Crippen LogP contribution in [0.3, 0.4) is 0 Å². The lowest BCUT2D eigenvalue weighted by molar-refractivity contribution is -0.00829. The van der Waals surface area contributed by atoms with Gasteiger partial charge in [-0.1, -0.05) is 41.7 Å². The topological polar surface area (TPSA) is 81.1 Å². The van der Waals surface area contributed by atoms with Crippen LogP contribution in [0.15, 0.2) is 53.8 Å². The van der Waals surface area contributed by atoms with E-state index in [-0.39, 0.29) is 36.9 Å². The number of carbonyl (C=O) groups excluding carboxylic acids is 1. The van der Waals surface area contributed by atoms with Gasteiger partial charge in [0.25, 0.3) is 21.9 Å². The number of halogens is 5. The number of hydrogen-bond acceptors (Lipinski definition) is 4. The van der Waals surface area contributed by atoms with E-state index in [2.05, 4.69) is 4.98 Å². The summed E-state index contributed by atoms with van der Waals surface area (Å²) in [4.78, 5) is 15.9. The third-order valence-electron chi connectivity index (χ3n) is 4.27. The van der Waals surface area contributed by atoms with Crippen molar-refractivity contribution in [2.75, 3.05) is 0 Å². The quantitative estimate of drug-likeness (QED) is 0.480. The number of hydrogen-bond donors (Lipinski definition) is 1. The van der Waals surface area contributed by atoms with Crippen LogP contribution in [0.4, 0.5) is 8.78 Å². The Balaban J connectivity index is 1.88. The normalized spacial score (nSPS) is 12.1. The molecule has 164 valence electrons. The van der Waals surface area contributed by atoms with Crippen molar-refractivity contribution in [3.05, 3.63) is 75.2 Å². The number of imidazole rings is 1. The second kappa shape index (κ2) is 8.74. The first-order chi connectivity index (χ1) is 14.4. The van der Waals surface area contributed by atoms with E-state index in [4.69, 9.17) is 34.8 Å². The molecular weight excluding hydrogens is 495 g/mol. The Morgan fingerprint density at radius 3 is 2.48 bits per heavy atom. The summed E-state index contributed by atoms with van der Waals surface area (Å²) in [6.45, 7) is 1.34. The van der Waals surface area contributed by atoms with Gasteiger partial charge in [0.2, 0.25) is 0 Å². The Morgan fingerprint density at radius 1 is 1.13 bits per heavy atom. The maximum absolute atomic E-state index is 14.1. The zero-order valence-electron chi connectivity index (χ0n) is 15.7. The van der Waals surface area contributed by atoms with E-state index >= 15 is 0 Å². The van der Waals surface area contributed by atoms with Crippen molar-refractivity contribution < 1.29 is 22.0 Å². The van der Waals surface area contributed by atoms with Gasteiger partial charge >= 0.3 is 0 Å². The molecule has 0 aliphatic heterocycles. The summed E-state index contributed by atoms with van der Waals surface area (Å²) in [5.74, 6) is -4.13. The Bertz CT molecular complexity index is 1260. The van der Waals surface area contributed by atoms with Crippen molar-refractivity contribution in [1.29, 1.82) is 0 Å². The molecule has 0 fully saturated rings. The molecule has 1 heterocycles. The minimum absolute atomic E-state index is 0.0697. The molecule has 1 aromatic heterocycles. The van der Waals surface area contributed by atoms with Gasteiger partial charge in [0.1, 0.15) is 16.9 Å². The molecular formula is C19H14Cl3F2N3O3S. The molecule has 0 radical (unpaired) electrons. The summed E-state index contributed by atoms with van der Waals surface area (Å²) in [7, 11) is -4.31. The van der Waals surface area contributed by atoms with E-state index in [1.54, 1.807) is 0 Å². The van der Waals surface area contributed by atoms with E-state index < -0.39 is 28.3 Å². The largest absolute Gasteiger partial charge is 0.305 e. The van der Waals surface area contributed by atoms with E-state index in [9.17, 15) is 22.0 Å². The lowest BCUT2D eigenvalue weighted by Gasteiger charge is -2.16. The van der Waals surface area contributed by atoms with Gasteiger partial charge in [-0.2, -0.15) is 0 Å². The molecule has 31 heavy (non-hydrogen) atoms. The Kier molecular flexibility index (Phi) is 6.61. The van der Waals surface area contributed by atoms with Crippen LogP contribution in [0.2, 0.25) is 15.1 Å². The molecule has 0 spiro atoms. The van der Waals surface area contributed by atoms with Crippen LogP contribution in [0, 0.1) is 0 Å². The second-order valence-electron chi connectivity index (χ2n) is 6.43. The third-order valence-corrected chi connectivity index (χ3v) is 6.54. The van der Waals surface area contributed by atoms with Crippen molar-refractivity contribution in [2.45, 2.75) is 24.2 Å². The second-order valence-corrected chi connectivity index (χ2v) is 9.36. The van der Waals surface area contributed by atoms with Gasteiger partial charge in [0.15, 0.2) is 0 Å². The molecule has 1 amide bonds. The summed E-state index contributed by atoms with van der Waals surface area (Å²) in [5, 5.41) is 0.130. The summed E-state index contributed by atoms with van der Waals surface area (Å²) >= 11 is 17.6. The van der Waals surface area contributed by atoms with Crippen molar-refractivity contribution in [3.63, 3.8) is 0 Å². The Labute approximate surface area is 191 Å². The highest BCUT2D eigenvalue weighted by Gasteiger charge is 2.30. The van der Waals surface area contributed by atoms with Crippen LogP contribution in [0.1, 0.15) is 29.4 Å². The number of sulfonamides is 1. The van der Waals surface area contributed by atoms with Crippen molar-refractivity contribution >= 4 is 50.7 Å². The molecule has 0 saturated carbocycles. The molecule has 0 aliphatic carbocycles. The maximum Gasteiger partial charge on any atom is 0.285 e. The van der Waals surface area contributed by atoms with Crippen LogP contribution >= 0.6 is 34.8 Å². The molecule has 3 aromatic rings. The van der Waals surface area contributed by atoms with Crippen LogP contribution in [0.5, 0.6) is 0 Å². The smallest absolute Gasteiger partial charge is 0.285 e. The molecule has 0 atom stereocenters. The fourth-order valence-electron chi connectivity index (χ4n) is 2.64. The number of benzene rings is 2. The van der Waals surface area contributed by atoms with Crippen molar-refractivity contribution in [1.82, 2.24) is 14.3 Å². The number of alkyl halides is 2. The summed E-state index contributed by atoms with van der Waals surface area (Å²) in [5.41, 5.74) is -0.333. The van der Waals surface area contributed by atoms with Crippen LogP contribution in [0.25, 0.3) is 5.69 Å². The number of amides is 1. The van der Waals surface area contributed by atoms with E-state index in [0.29, 0.717) is 0 Å². The molecule has 0 unspecified atom stereocenters. The molecule has 1 N–H and O–H groups in total. The van der Waals surface area contributed by atoms with Gasteiger partial charge in [0.05, 0.1) is 5.02 Å². The number of rotatable bonds is 6. The first-order valence-corrected chi connectivity index (χ1v) is 11.3. The van der Waals surface area contributed by atoms with Crippen LogP contribution in [-0.2, 0) is 15.9 Å². The van der Waals surface area contributed by atoms with Gasteiger partial charge in [0, 0.05) is 33.9 Å². The summed E-state index contributed by atoms with van der Waals surface area (Å²) in [6.07, 6.45) is 1.94. The average molecular weight is 509 g/mol. The molecule has 0 saturated heterocycles. The monoisotopic (exact) mass is 507 g/mol. The maximum atomic E-state index is 14.1. The Morgan fingerprint density at radius 2 is 1.84 bits per heavy atom. The van der Waals surface area contributed by atoms with Crippen LogP contribution < -0.4 is 4.72 Å². The van der Waals surface area contributed by atoms with Gasteiger partial charge in [-0.3, -0.25) is 4.79 Å². The van der Waals surface area contributed by atoms with Gasteiger partial charge < -0.3 is 4.57 Å². The minimum Gasteiger partial charge on any atom is -0.305 e. The number of aromatic nitrogens is 2. The Hall–Kier alpha value is -2.20. The number of carbonyl (C=O) groups is 1. The minimum atomic E-state index is -4.31. The number of nitrogens with one attached hydrogen (secondary N) is 1. The van der Waals surface area contributed by atoms with Gasteiger partial charge in [-0.25, -0.2) is 26.9 Å². The fourth-order valence-corrected chi connectivity index (χ4v) is 4.61. The standard InChI is InChI=1S/C19H14Cl3F2N3O3S/c1-2-19(23,24)11-5-13(21)7-14(6-11)27-9-16(25-10-27)18(28)26-31(29,30)17-4-3-12(20)8-15(17)22/h3-10H,2H2,1H3,(H,26,28). The molecule has 6 nitrogen and oxygen atoms in total. The van der Waals surface area contributed by atoms with Crippen molar-refractivity contribution in [3.8, 4) is 5.69 Å². The van der Waals surface area contributed by atoms with Gasteiger partial charge in [-0.05, 0) is 36.4 Å². The average Bonchev–Trinajstić information content (AvgIpc) is 3.17. The fraction of sp³-hybridized carbons (Fsp3) is 0.158. The predicted octanol–water partition coefficient (Wildman–Crippen LogP) is 5.45. The molecule has 0 aliphatic rings. The third kappa shape index (κ3) is 5.17. The lowest BCUT2D eigenvalue weighted by Crippen LogP contribution is -2.31. The zero-order chi connectivity index (χ0) is 23.0. The SMILES string of the molecule is CCC(F)(F)c1cc(Cl)cc(-n2cnc(C(=O)NS(=O)(=O)c3ccc(Cl)cc3Cl)c2)c1. The summed E-state index contributed by atoms with van der Waals surface area (Å²) < 4.78 is 56.2. The molecule has 2 aromatic carbocycles. The molecule has 0 bridgehead atoms. The van der Waals surface area contributed by atoms with E-state index in [0.717, 1.165) is 12.1 Å². The number of nitrogens with zero attached hydrogens (tertiary/aromatic N) is 2. The predicted molar refractivity (Wildman–Crippen MR) is 114 cm³/mol. The first-order valence-electron chi connectivity index (χ1n) is 8.68.